The molecular weight excluding hydrogens is 416 g/mol. The highest BCUT2D eigenvalue weighted by atomic mass is 79.9. The molecule has 0 aliphatic carbocycles. The van der Waals surface area contributed by atoms with Crippen molar-refractivity contribution in [3.63, 3.8) is 0 Å². The van der Waals surface area contributed by atoms with Crippen LogP contribution >= 0.6 is 15.9 Å². The highest BCUT2D eigenvalue weighted by Crippen LogP contribution is 2.45. The van der Waals surface area contributed by atoms with Gasteiger partial charge in [-0.2, -0.15) is 0 Å². The summed E-state index contributed by atoms with van der Waals surface area (Å²) in [6.07, 6.45) is -1.68. The lowest BCUT2D eigenvalue weighted by molar-refractivity contribution is -0.126. The van der Waals surface area contributed by atoms with Crippen LogP contribution < -0.4 is 14.2 Å². The van der Waals surface area contributed by atoms with Gasteiger partial charge in [-0.25, -0.2) is 0 Å². The van der Waals surface area contributed by atoms with E-state index in [1.165, 1.54) is 0 Å². The predicted octanol–water partition coefficient (Wildman–Crippen LogP) is 5.11. The lowest BCUT2D eigenvalue weighted by Crippen LogP contribution is -2.52. The minimum atomic E-state index is -2.04. The summed E-state index contributed by atoms with van der Waals surface area (Å²) in [5.74, 6) is 1.48. The van der Waals surface area contributed by atoms with Crippen molar-refractivity contribution in [2.45, 2.75) is 70.6 Å². The average Bonchev–Trinajstić information content (AvgIpc) is 2.54. The van der Waals surface area contributed by atoms with Crippen molar-refractivity contribution in [3.05, 3.63) is 16.6 Å². The second-order valence-electron chi connectivity index (χ2n) is 7.73. The first-order chi connectivity index (χ1) is 12.1. The average molecular weight is 447 g/mol. The van der Waals surface area contributed by atoms with Crippen LogP contribution in [0.1, 0.15) is 41.5 Å². The first-order valence-electron chi connectivity index (χ1n) is 9.16. The van der Waals surface area contributed by atoms with E-state index in [0.717, 1.165) is 4.47 Å². The molecule has 1 aliphatic rings. The largest absolute Gasteiger partial charge is 0.493 e. The third-order valence-electron chi connectivity index (χ3n) is 5.25. The molecule has 1 N–H and O–H groups in total. The molecule has 0 radical (unpaired) electrons. The Balaban J connectivity index is 2.22. The van der Waals surface area contributed by atoms with Gasteiger partial charge < -0.3 is 23.7 Å². The summed E-state index contributed by atoms with van der Waals surface area (Å²) in [7, 11) is -0.486. The van der Waals surface area contributed by atoms with Gasteiger partial charge >= 0.3 is 0 Å². The van der Waals surface area contributed by atoms with Crippen LogP contribution in [0.15, 0.2) is 16.6 Å². The molecule has 0 aromatic heterocycles. The second-order valence-corrected chi connectivity index (χ2v) is 14.1. The number of hydrogen-bond acceptors (Lipinski definition) is 5. The Morgan fingerprint density at radius 3 is 2.15 bits per heavy atom. The van der Waals surface area contributed by atoms with Gasteiger partial charge in [0.15, 0.2) is 17.6 Å². The SMILES string of the molecule is COc1cc(Br)cc2c1O[C@@H](O)[C@H](CO[Si](C(C)C)(C(C)C)C(C)C)O2. The smallest absolute Gasteiger partial charge is 0.237 e. The molecule has 0 fully saturated rings. The lowest BCUT2D eigenvalue weighted by atomic mass is 10.2. The van der Waals surface area contributed by atoms with Gasteiger partial charge in [-0.05, 0) is 28.8 Å². The predicted molar refractivity (Wildman–Crippen MR) is 109 cm³/mol. The molecule has 1 aliphatic heterocycles. The molecular formula is C19H31BrO5Si. The molecule has 0 saturated carbocycles. The van der Waals surface area contributed by atoms with Gasteiger partial charge in [0.05, 0.1) is 13.7 Å². The Hall–Kier alpha value is -0.763. The van der Waals surface area contributed by atoms with Gasteiger partial charge in [0.1, 0.15) is 0 Å². The number of hydrogen-bond donors (Lipinski definition) is 1. The molecule has 0 bridgehead atoms. The number of aliphatic hydroxyl groups excluding tert-OH is 1. The van der Waals surface area contributed by atoms with Gasteiger partial charge in [0.25, 0.3) is 0 Å². The van der Waals surface area contributed by atoms with Gasteiger partial charge in [-0.1, -0.05) is 57.5 Å². The Morgan fingerprint density at radius 1 is 1.08 bits per heavy atom. The van der Waals surface area contributed by atoms with E-state index in [9.17, 15) is 5.11 Å². The highest BCUT2D eigenvalue weighted by molar-refractivity contribution is 9.10. The molecule has 2 rings (SSSR count). The number of methoxy groups -OCH3 is 1. The Morgan fingerprint density at radius 2 is 1.65 bits per heavy atom. The summed E-state index contributed by atoms with van der Waals surface area (Å²) in [4.78, 5) is 0. The number of halogens is 1. The van der Waals surface area contributed by atoms with Gasteiger partial charge in [0, 0.05) is 4.47 Å². The van der Waals surface area contributed by atoms with Crippen molar-refractivity contribution < 1.29 is 23.7 Å². The van der Waals surface area contributed by atoms with Crippen LogP contribution in [-0.2, 0) is 4.43 Å². The van der Waals surface area contributed by atoms with Crippen molar-refractivity contribution in [3.8, 4) is 17.2 Å². The molecule has 0 unspecified atom stereocenters. The summed E-state index contributed by atoms with van der Waals surface area (Å²) in [5, 5.41) is 10.4. The number of rotatable bonds is 7. The second kappa shape index (κ2) is 8.50. The van der Waals surface area contributed by atoms with E-state index >= 15 is 0 Å². The first kappa shape index (κ1) is 21.5. The van der Waals surface area contributed by atoms with Crippen LogP contribution in [-0.4, -0.2) is 39.5 Å². The van der Waals surface area contributed by atoms with Crippen LogP contribution in [0, 0.1) is 0 Å². The Labute approximate surface area is 166 Å². The zero-order valence-electron chi connectivity index (χ0n) is 16.7. The van der Waals surface area contributed by atoms with Crippen molar-refractivity contribution in [1.82, 2.24) is 0 Å². The molecule has 1 heterocycles. The lowest BCUT2D eigenvalue weighted by Gasteiger charge is -2.43. The van der Waals surface area contributed by atoms with Crippen molar-refractivity contribution >= 4 is 24.2 Å². The van der Waals surface area contributed by atoms with E-state index < -0.39 is 20.7 Å². The topological polar surface area (TPSA) is 57.2 Å². The molecule has 7 heteroatoms. The quantitative estimate of drug-likeness (QED) is 0.589. The number of benzene rings is 1. The molecule has 1 aromatic rings. The molecule has 0 saturated heterocycles. The monoisotopic (exact) mass is 446 g/mol. The van der Waals surface area contributed by atoms with Crippen LogP contribution in [0.5, 0.6) is 17.2 Å². The zero-order valence-corrected chi connectivity index (χ0v) is 19.3. The summed E-state index contributed by atoms with van der Waals surface area (Å²) in [6, 6.07) is 3.59. The van der Waals surface area contributed by atoms with Crippen LogP contribution in [0.4, 0.5) is 0 Å². The van der Waals surface area contributed by atoms with Crippen LogP contribution in [0.25, 0.3) is 0 Å². The number of aliphatic hydroxyl groups is 1. The van der Waals surface area contributed by atoms with Crippen molar-refractivity contribution in [2.75, 3.05) is 13.7 Å². The maximum Gasteiger partial charge on any atom is 0.237 e. The summed E-state index contributed by atoms with van der Waals surface area (Å²) in [5.41, 5.74) is 1.39. The minimum absolute atomic E-state index is 0.302. The molecule has 0 amide bonds. The zero-order chi connectivity index (χ0) is 19.6. The first-order valence-corrected chi connectivity index (χ1v) is 12.1. The molecule has 0 spiro atoms. The fraction of sp³-hybridized carbons (Fsp3) is 0.684. The highest BCUT2D eigenvalue weighted by Gasteiger charge is 2.46. The van der Waals surface area contributed by atoms with E-state index in [1.807, 2.05) is 6.07 Å². The number of ether oxygens (including phenoxy) is 3. The van der Waals surface area contributed by atoms with Gasteiger partial charge in [0.2, 0.25) is 20.4 Å². The summed E-state index contributed by atoms with van der Waals surface area (Å²) < 4.78 is 24.4. The summed E-state index contributed by atoms with van der Waals surface area (Å²) >= 11 is 3.44. The van der Waals surface area contributed by atoms with Gasteiger partial charge in [-0.15, -0.1) is 0 Å². The minimum Gasteiger partial charge on any atom is -0.493 e. The molecule has 148 valence electrons. The van der Waals surface area contributed by atoms with Crippen molar-refractivity contribution in [1.29, 1.82) is 0 Å². The Bertz CT molecular complexity index is 598. The standard InChI is InChI=1S/C19H31BrO5Si/c1-11(2)26(12(3)4,13(5)6)23-10-17-19(21)25-18-15(22-7)8-14(20)9-16(18)24-17/h8-9,11-13,17,19,21H,10H2,1-7H3/t17-,19+/m0/s1. The number of fused-ring (bicyclic) bond motifs is 1. The fourth-order valence-corrected chi connectivity index (χ4v) is 10.0. The van der Waals surface area contributed by atoms with Gasteiger partial charge in [-0.3, -0.25) is 0 Å². The molecule has 26 heavy (non-hydrogen) atoms. The maximum absolute atomic E-state index is 10.4. The Kier molecular flexibility index (Phi) is 7.04. The molecule has 1 aromatic carbocycles. The third kappa shape index (κ3) is 4.05. The van der Waals surface area contributed by atoms with Crippen LogP contribution in [0.2, 0.25) is 16.6 Å². The van der Waals surface area contributed by atoms with E-state index in [0.29, 0.717) is 40.5 Å². The molecule has 2 atom stereocenters. The van der Waals surface area contributed by atoms with E-state index in [2.05, 4.69) is 57.5 Å². The van der Waals surface area contributed by atoms with E-state index in [4.69, 9.17) is 18.6 Å². The van der Waals surface area contributed by atoms with Crippen LogP contribution in [0.3, 0.4) is 0 Å². The normalized spacial score (nSPS) is 20.2. The van der Waals surface area contributed by atoms with Crippen molar-refractivity contribution in [2.24, 2.45) is 0 Å². The third-order valence-corrected chi connectivity index (χ3v) is 11.8. The summed E-state index contributed by atoms with van der Waals surface area (Å²) in [6.45, 7) is 13.7. The van der Waals surface area contributed by atoms with E-state index in [-0.39, 0.29) is 0 Å². The van der Waals surface area contributed by atoms with E-state index in [1.54, 1.807) is 13.2 Å². The fourth-order valence-electron chi connectivity index (χ4n) is 4.16. The maximum atomic E-state index is 10.4. The molecule has 5 nitrogen and oxygen atoms in total.